The highest BCUT2D eigenvalue weighted by atomic mass is 16.4. The lowest BCUT2D eigenvalue weighted by Gasteiger charge is -2.09. The Morgan fingerprint density at radius 3 is 1.59 bits per heavy atom. The zero-order chi connectivity index (χ0) is 13.2. The smallest absolute Gasteiger partial charge is 0.352 e. The second kappa shape index (κ2) is 4.82. The minimum Gasteiger partial charge on any atom is -0.477 e. The van der Waals surface area contributed by atoms with Crippen molar-refractivity contribution in [1.82, 2.24) is 4.98 Å². The molecule has 0 aromatic carbocycles. The number of carboxylic acid groups (broad SMARTS) is 2. The molecule has 1 aromatic rings. The molecule has 1 aromatic heterocycles. The van der Waals surface area contributed by atoms with Gasteiger partial charge in [-0.15, -0.1) is 0 Å². The first kappa shape index (κ1) is 13.0. The normalized spacial score (nSPS) is 10.2. The van der Waals surface area contributed by atoms with Crippen LogP contribution in [-0.4, -0.2) is 27.1 Å². The molecule has 1 rings (SSSR count). The lowest BCUT2D eigenvalue weighted by Crippen LogP contribution is -2.25. The molecule has 0 aliphatic carbocycles. The van der Waals surface area contributed by atoms with Crippen LogP contribution in [0.2, 0.25) is 0 Å². The zero-order valence-electron chi connectivity index (χ0n) is 9.53. The third-order valence-corrected chi connectivity index (χ3v) is 2.54. The van der Waals surface area contributed by atoms with Crippen molar-refractivity contribution in [3.63, 3.8) is 0 Å². The van der Waals surface area contributed by atoms with E-state index in [-0.39, 0.29) is 35.4 Å². The fraction of sp³-hybridized carbons (Fsp3) is 0.364. The lowest BCUT2D eigenvalue weighted by atomic mass is 10.0. The van der Waals surface area contributed by atoms with E-state index < -0.39 is 17.4 Å². The summed E-state index contributed by atoms with van der Waals surface area (Å²) in [6.45, 7) is 3.30. The Labute approximate surface area is 96.9 Å². The predicted octanol–water partition coefficient (Wildman–Crippen LogP) is 0.896. The zero-order valence-corrected chi connectivity index (χ0v) is 9.53. The van der Waals surface area contributed by atoms with Crippen LogP contribution in [0.3, 0.4) is 0 Å². The van der Waals surface area contributed by atoms with E-state index in [0.717, 1.165) is 0 Å². The van der Waals surface area contributed by atoms with Crippen molar-refractivity contribution in [2.45, 2.75) is 26.7 Å². The van der Waals surface area contributed by atoms with E-state index in [9.17, 15) is 14.4 Å². The van der Waals surface area contributed by atoms with Gasteiger partial charge in [-0.05, 0) is 12.8 Å². The second-order valence-electron chi connectivity index (χ2n) is 3.48. The monoisotopic (exact) mass is 239 g/mol. The molecule has 0 radical (unpaired) electrons. The van der Waals surface area contributed by atoms with Crippen LogP contribution in [0.4, 0.5) is 0 Å². The SMILES string of the molecule is CCc1c(C(=O)O)[nH]c(C(=O)O)c(CC)c1=O. The third-order valence-electron chi connectivity index (χ3n) is 2.54. The first-order valence-corrected chi connectivity index (χ1v) is 5.18. The highest BCUT2D eigenvalue weighted by Gasteiger charge is 2.21. The lowest BCUT2D eigenvalue weighted by molar-refractivity contribution is 0.0683. The van der Waals surface area contributed by atoms with E-state index in [2.05, 4.69) is 4.98 Å². The number of hydrogen-bond donors (Lipinski definition) is 3. The first-order valence-electron chi connectivity index (χ1n) is 5.18. The van der Waals surface area contributed by atoms with E-state index >= 15 is 0 Å². The molecule has 0 aliphatic rings. The van der Waals surface area contributed by atoms with E-state index in [0.29, 0.717) is 0 Å². The number of aromatic amines is 1. The molecule has 0 amide bonds. The van der Waals surface area contributed by atoms with Gasteiger partial charge in [-0.1, -0.05) is 13.8 Å². The van der Waals surface area contributed by atoms with Gasteiger partial charge >= 0.3 is 11.9 Å². The van der Waals surface area contributed by atoms with E-state index in [1.54, 1.807) is 13.8 Å². The van der Waals surface area contributed by atoms with Crippen molar-refractivity contribution in [1.29, 1.82) is 0 Å². The quantitative estimate of drug-likeness (QED) is 0.723. The van der Waals surface area contributed by atoms with Gasteiger partial charge in [0.05, 0.1) is 0 Å². The van der Waals surface area contributed by atoms with Crippen LogP contribution in [0.25, 0.3) is 0 Å². The number of pyridine rings is 1. The molecule has 0 aliphatic heterocycles. The largest absolute Gasteiger partial charge is 0.477 e. The summed E-state index contributed by atoms with van der Waals surface area (Å²) < 4.78 is 0. The molecule has 0 saturated carbocycles. The molecule has 0 fully saturated rings. The molecule has 6 heteroatoms. The molecular formula is C11H13NO5. The summed E-state index contributed by atoms with van der Waals surface area (Å²) in [6, 6.07) is 0. The minimum atomic E-state index is -1.33. The molecule has 3 N–H and O–H groups in total. The van der Waals surface area contributed by atoms with Crippen LogP contribution in [-0.2, 0) is 12.8 Å². The number of H-pyrrole nitrogens is 1. The highest BCUT2D eigenvalue weighted by molar-refractivity contribution is 5.92. The maximum absolute atomic E-state index is 11.9. The molecule has 92 valence electrons. The van der Waals surface area contributed by atoms with Crippen LogP contribution in [0.5, 0.6) is 0 Å². The Balaban J connectivity index is 3.73. The highest BCUT2D eigenvalue weighted by Crippen LogP contribution is 2.10. The van der Waals surface area contributed by atoms with Crippen molar-refractivity contribution in [3.8, 4) is 0 Å². The van der Waals surface area contributed by atoms with Crippen molar-refractivity contribution in [2.24, 2.45) is 0 Å². The summed E-state index contributed by atoms with van der Waals surface area (Å²) in [5.74, 6) is -2.66. The summed E-state index contributed by atoms with van der Waals surface area (Å²) in [5.41, 5.74) is -0.957. The van der Waals surface area contributed by atoms with E-state index in [1.165, 1.54) is 0 Å². The van der Waals surface area contributed by atoms with Crippen LogP contribution in [0.1, 0.15) is 46.0 Å². The van der Waals surface area contributed by atoms with Crippen molar-refractivity contribution < 1.29 is 19.8 Å². The van der Waals surface area contributed by atoms with Gasteiger partial charge in [-0.2, -0.15) is 0 Å². The van der Waals surface area contributed by atoms with Crippen LogP contribution in [0.15, 0.2) is 4.79 Å². The average molecular weight is 239 g/mol. The fourth-order valence-electron chi connectivity index (χ4n) is 1.72. The average Bonchev–Trinajstić information content (AvgIpc) is 2.27. The molecule has 0 atom stereocenters. The predicted molar refractivity (Wildman–Crippen MR) is 59.7 cm³/mol. The molecule has 0 unspecified atom stereocenters. The Morgan fingerprint density at radius 1 is 1.00 bits per heavy atom. The van der Waals surface area contributed by atoms with Gasteiger partial charge < -0.3 is 15.2 Å². The number of hydrogen-bond acceptors (Lipinski definition) is 3. The summed E-state index contributed by atoms with van der Waals surface area (Å²) in [4.78, 5) is 36.1. The standard InChI is InChI=1S/C11H13NO5/c1-3-5-7(10(14)15)12-8(11(16)17)6(4-2)9(5)13/h3-4H2,1-2H3,(H,12,13)(H,14,15)(H,16,17). The van der Waals surface area contributed by atoms with Gasteiger partial charge in [0, 0.05) is 11.1 Å². The first-order chi connectivity index (χ1) is 7.93. The summed E-state index contributed by atoms with van der Waals surface area (Å²) in [5, 5.41) is 17.9. The Bertz CT molecular complexity index is 486. The van der Waals surface area contributed by atoms with Crippen molar-refractivity contribution >= 4 is 11.9 Å². The second-order valence-corrected chi connectivity index (χ2v) is 3.48. The Hall–Kier alpha value is -2.11. The molecule has 0 spiro atoms. The van der Waals surface area contributed by atoms with Crippen LogP contribution < -0.4 is 5.43 Å². The van der Waals surface area contributed by atoms with Gasteiger partial charge in [-0.25, -0.2) is 9.59 Å². The molecule has 1 heterocycles. The van der Waals surface area contributed by atoms with Gasteiger partial charge in [0.1, 0.15) is 11.4 Å². The fourth-order valence-corrected chi connectivity index (χ4v) is 1.72. The molecule has 17 heavy (non-hydrogen) atoms. The summed E-state index contributed by atoms with van der Waals surface area (Å²) in [7, 11) is 0. The maximum atomic E-state index is 11.9. The van der Waals surface area contributed by atoms with E-state index in [4.69, 9.17) is 10.2 Å². The Morgan fingerprint density at radius 2 is 1.35 bits per heavy atom. The molecule has 0 saturated heterocycles. The number of aromatic carboxylic acids is 2. The van der Waals surface area contributed by atoms with Gasteiger partial charge in [0.2, 0.25) is 0 Å². The van der Waals surface area contributed by atoms with Crippen molar-refractivity contribution in [2.75, 3.05) is 0 Å². The van der Waals surface area contributed by atoms with Gasteiger partial charge in [-0.3, -0.25) is 4.79 Å². The van der Waals surface area contributed by atoms with Gasteiger partial charge in [0.15, 0.2) is 5.43 Å². The van der Waals surface area contributed by atoms with Gasteiger partial charge in [0.25, 0.3) is 0 Å². The summed E-state index contributed by atoms with van der Waals surface area (Å²) >= 11 is 0. The van der Waals surface area contributed by atoms with Crippen LogP contribution in [0, 0.1) is 0 Å². The Kier molecular flexibility index (Phi) is 3.67. The number of carboxylic acids is 2. The maximum Gasteiger partial charge on any atom is 0.352 e. The summed E-state index contributed by atoms with van der Waals surface area (Å²) in [6.07, 6.45) is 0.480. The van der Waals surface area contributed by atoms with Crippen molar-refractivity contribution in [3.05, 3.63) is 32.7 Å². The number of aromatic nitrogens is 1. The topological polar surface area (TPSA) is 107 Å². The van der Waals surface area contributed by atoms with E-state index in [1.807, 2.05) is 0 Å². The number of rotatable bonds is 4. The minimum absolute atomic E-state index is 0.111. The molecule has 6 nitrogen and oxygen atoms in total. The number of nitrogens with one attached hydrogen (secondary N) is 1. The number of carbonyl (C=O) groups is 2. The third kappa shape index (κ3) is 2.20. The molecule has 0 bridgehead atoms. The molecular weight excluding hydrogens is 226 g/mol. The van der Waals surface area contributed by atoms with Crippen LogP contribution >= 0.6 is 0 Å².